The number of benzene rings is 1. The molecule has 0 spiro atoms. The van der Waals surface area contributed by atoms with E-state index < -0.39 is 15.6 Å². The topological polar surface area (TPSA) is 80.5 Å². The van der Waals surface area contributed by atoms with Gasteiger partial charge < -0.3 is 10.6 Å². The molecule has 1 atom stereocenters. The molecule has 1 amide bonds. The number of nitrogens with two attached hydrogens (primary N) is 1. The molecule has 1 heterocycles. The molecule has 0 aliphatic carbocycles. The number of amides is 1. The van der Waals surface area contributed by atoms with Crippen molar-refractivity contribution in [2.24, 2.45) is 5.73 Å². The number of nitrogens with zero attached hydrogens (tertiary/aromatic N) is 1. The second kappa shape index (κ2) is 10.0. The molecule has 1 aliphatic heterocycles. The first-order valence-corrected chi connectivity index (χ1v) is 10.1. The van der Waals surface area contributed by atoms with E-state index in [9.17, 15) is 13.2 Å². The highest BCUT2D eigenvalue weighted by atomic mass is 35.5. The summed E-state index contributed by atoms with van der Waals surface area (Å²) in [5.41, 5.74) is 6.82. The summed E-state index contributed by atoms with van der Waals surface area (Å²) in [5, 5.41) is 0. The van der Waals surface area contributed by atoms with Gasteiger partial charge in [-0.1, -0.05) is 30.3 Å². The molecule has 1 aromatic carbocycles. The molecule has 1 aromatic rings. The average molecular weight is 375 g/mol. The third-order valence-electron chi connectivity index (χ3n) is 4.33. The zero-order valence-corrected chi connectivity index (χ0v) is 15.5. The van der Waals surface area contributed by atoms with Gasteiger partial charge in [0.25, 0.3) is 0 Å². The van der Waals surface area contributed by atoms with Crippen LogP contribution in [-0.2, 0) is 21.1 Å². The maximum Gasteiger partial charge on any atom is 0.238 e. The minimum absolute atomic E-state index is 0. The van der Waals surface area contributed by atoms with Crippen LogP contribution in [0, 0.1) is 0 Å². The summed E-state index contributed by atoms with van der Waals surface area (Å²) < 4.78 is 24.4. The second-order valence-electron chi connectivity index (χ2n) is 6.15. The number of carbonyl (C=O) groups is 1. The van der Waals surface area contributed by atoms with Gasteiger partial charge in [0.2, 0.25) is 5.91 Å². The SMILES string of the molecule is Cl.NCC1CCCCN1C(=O)CS(=O)(=O)CCCc1ccccc1. The van der Waals surface area contributed by atoms with E-state index in [2.05, 4.69) is 0 Å². The van der Waals surface area contributed by atoms with Crippen LogP contribution in [0.15, 0.2) is 30.3 Å². The Labute approximate surface area is 150 Å². The van der Waals surface area contributed by atoms with Gasteiger partial charge in [0, 0.05) is 19.1 Å². The minimum Gasteiger partial charge on any atom is -0.338 e. The molecule has 2 N–H and O–H groups in total. The maximum absolute atomic E-state index is 12.3. The fourth-order valence-electron chi connectivity index (χ4n) is 3.06. The van der Waals surface area contributed by atoms with E-state index in [4.69, 9.17) is 5.73 Å². The highest BCUT2D eigenvalue weighted by Gasteiger charge is 2.28. The van der Waals surface area contributed by atoms with Gasteiger partial charge in [-0.05, 0) is 37.7 Å². The van der Waals surface area contributed by atoms with Gasteiger partial charge in [-0.25, -0.2) is 8.42 Å². The number of halogens is 1. The molecule has 1 saturated heterocycles. The Morgan fingerprint density at radius 3 is 2.58 bits per heavy atom. The molecule has 0 radical (unpaired) electrons. The molecule has 136 valence electrons. The molecule has 1 fully saturated rings. The summed E-state index contributed by atoms with van der Waals surface area (Å²) in [5.74, 6) is -0.632. The molecule has 2 rings (SSSR count). The summed E-state index contributed by atoms with van der Waals surface area (Å²) in [6, 6.07) is 9.78. The number of sulfone groups is 1. The van der Waals surface area contributed by atoms with Gasteiger partial charge in [0.05, 0.1) is 5.75 Å². The van der Waals surface area contributed by atoms with E-state index in [0.29, 0.717) is 25.9 Å². The molecule has 7 heteroatoms. The van der Waals surface area contributed by atoms with Crippen molar-refractivity contribution in [1.82, 2.24) is 4.90 Å². The molecular formula is C17H27ClN2O3S. The normalized spacial score (nSPS) is 18.0. The third kappa shape index (κ3) is 6.42. The lowest BCUT2D eigenvalue weighted by Crippen LogP contribution is -2.49. The fraction of sp³-hybridized carbons (Fsp3) is 0.588. The van der Waals surface area contributed by atoms with Crippen molar-refractivity contribution in [3.8, 4) is 0 Å². The van der Waals surface area contributed by atoms with E-state index in [1.54, 1.807) is 4.90 Å². The summed E-state index contributed by atoms with van der Waals surface area (Å²) in [7, 11) is -3.36. The van der Waals surface area contributed by atoms with E-state index in [-0.39, 0.29) is 30.1 Å². The van der Waals surface area contributed by atoms with Crippen molar-refractivity contribution >= 4 is 28.2 Å². The van der Waals surface area contributed by atoms with Crippen LogP contribution >= 0.6 is 12.4 Å². The number of likely N-dealkylation sites (tertiary alicyclic amines) is 1. The number of hydrogen-bond acceptors (Lipinski definition) is 4. The number of rotatable bonds is 7. The summed E-state index contributed by atoms with van der Waals surface area (Å²) in [4.78, 5) is 14.0. The third-order valence-corrected chi connectivity index (χ3v) is 5.92. The average Bonchev–Trinajstić information content (AvgIpc) is 2.55. The first-order valence-electron chi connectivity index (χ1n) is 8.26. The molecular weight excluding hydrogens is 348 g/mol. The van der Waals surface area contributed by atoms with Crippen LogP contribution < -0.4 is 5.73 Å². The van der Waals surface area contributed by atoms with Crippen molar-refractivity contribution in [2.75, 3.05) is 24.6 Å². The highest BCUT2D eigenvalue weighted by molar-refractivity contribution is 7.92. The van der Waals surface area contributed by atoms with E-state index in [0.717, 1.165) is 24.8 Å². The number of hydrogen-bond donors (Lipinski definition) is 1. The molecule has 0 saturated carbocycles. The van der Waals surface area contributed by atoms with Crippen LogP contribution in [0.4, 0.5) is 0 Å². The summed E-state index contributed by atoms with van der Waals surface area (Å²) >= 11 is 0. The van der Waals surface area contributed by atoms with E-state index >= 15 is 0 Å². The van der Waals surface area contributed by atoms with Gasteiger partial charge in [-0.15, -0.1) is 12.4 Å². The predicted molar refractivity (Wildman–Crippen MR) is 99.1 cm³/mol. The zero-order valence-electron chi connectivity index (χ0n) is 13.9. The van der Waals surface area contributed by atoms with Crippen molar-refractivity contribution in [1.29, 1.82) is 0 Å². The van der Waals surface area contributed by atoms with Gasteiger partial charge in [-0.2, -0.15) is 0 Å². The van der Waals surface area contributed by atoms with Crippen LogP contribution in [0.2, 0.25) is 0 Å². The summed E-state index contributed by atoms with van der Waals surface area (Å²) in [6.07, 6.45) is 4.10. The van der Waals surface area contributed by atoms with Crippen molar-refractivity contribution in [2.45, 2.75) is 38.1 Å². The Balaban J connectivity index is 0.00000288. The molecule has 24 heavy (non-hydrogen) atoms. The van der Waals surface area contributed by atoms with E-state index in [1.165, 1.54) is 0 Å². The Bertz CT molecular complexity index is 608. The lowest BCUT2D eigenvalue weighted by Gasteiger charge is -2.35. The van der Waals surface area contributed by atoms with Gasteiger partial charge in [0.1, 0.15) is 5.75 Å². The first kappa shape index (κ1) is 20.9. The van der Waals surface area contributed by atoms with Gasteiger partial charge >= 0.3 is 0 Å². The summed E-state index contributed by atoms with van der Waals surface area (Å²) in [6.45, 7) is 1.03. The van der Waals surface area contributed by atoms with Crippen molar-refractivity contribution in [3.05, 3.63) is 35.9 Å². The minimum atomic E-state index is -3.36. The van der Waals surface area contributed by atoms with Gasteiger partial charge in [0.15, 0.2) is 9.84 Å². The molecule has 1 aliphatic rings. The largest absolute Gasteiger partial charge is 0.338 e. The Kier molecular flexibility index (Phi) is 8.73. The van der Waals surface area contributed by atoms with Crippen LogP contribution in [-0.4, -0.2) is 49.9 Å². The van der Waals surface area contributed by atoms with E-state index in [1.807, 2.05) is 30.3 Å². The first-order chi connectivity index (χ1) is 11.0. The zero-order chi connectivity index (χ0) is 16.7. The molecule has 0 bridgehead atoms. The van der Waals surface area contributed by atoms with Crippen LogP contribution in [0.1, 0.15) is 31.2 Å². The monoisotopic (exact) mass is 374 g/mol. The van der Waals surface area contributed by atoms with Crippen molar-refractivity contribution in [3.63, 3.8) is 0 Å². The Morgan fingerprint density at radius 2 is 1.92 bits per heavy atom. The van der Waals surface area contributed by atoms with Gasteiger partial charge in [-0.3, -0.25) is 4.79 Å². The standard InChI is InChI=1S/C17H26N2O3S.ClH/c18-13-16-10-4-5-11-19(16)17(20)14-23(21,22)12-6-9-15-7-2-1-3-8-15;/h1-3,7-8,16H,4-6,9-14,18H2;1H. The smallest absolute Gasteiger partial charge is 0.238 e. The molecule has 5 nitrogen and oxygen atoms in total. The fourth-order valence-corrected chi connectivity index (χ4v) is 4.33. The number of piperidine rings is 1. The Morgan fingerprint density at radius 1 is 1.21 bits per heavy atom. The van der Waals surface area contributed by atoms with Crippen LogP contribution in [0.25, 0.3) is 0 Å². The number of carbonyl (C=O) groups excluding carboxylic acids is 1. The highest BCUT2D eigenvalue weighted by Crippen LogP contribution is 2.17. The lowest BCUT2D eigenvalue weighted by molar-refractivity contribution is -0.131. The number of aryl methyl sites for hydroxylation is 1. The maximum atomic E-state index is 12.3. The lowest BCUT2D eigenvalue weighted by atomic mass is 10.0. The molecule has 0 aromatic heterocycles. The van der Waals surface area contributed by atoms with Crippen LogP contribution in [0.5, 0.6) is 0 Å². The van der Waals surface area contributed by atoms with Crippen molar-refractivity contribution < 1.29 is 13.2 Å². The Hall–Kier alpha value is -1.11. The van der Waals surface area contributed by atoms with Crippen LogP contribution in [0.3, 0.4) is 0 Å². The predicted octanol–water partition coefficient (Wildman–Crippen LogP) is 1.80. The quantitative estimate of drug-likeness (QED) is 0.789. The molecule has 1 unspecified atom stereocenters. The second-order valence-corrected chi connectivity index (χ2v) is 8.34.